The van der Waals surface area contributed by atoms with E-state index in [1.54, 1.807) is 19.4 Å². The lowest BCUT2D eigenvalue weighted by atomic mass is 10.3. The molecule has 2 heterocycles. The number of imidazole rings is 1. The SMILES string of the molecule is CCOC(=O)c1cn(Cc2cccc(C)n2)cn1. The van der Waals surface area contributed by atoms with Crippen molar-refractivity contribution in [3.63, 3.8) is 0 Å². The fourth-order valence-electron chi connectivity index (χ4n) is 1.63. The third-order valence-corrected chi connectivity index (χ3v) is 2.41. The monoisotopic (exact) mass is 245 g/mol. The number of aromatic nitrogens is 3. The van der Waals surface area contributed by atoms with Crippen LogP contribution >= 0.6 is 0 Å². The van der Waals surface area contributed by atoms with Crippen LogP contribution in [0.1, 0.15) is 28.8 Å². The van der Waals surface area contributed by atoms with E-state index in [1.165, 1.54) is 0 Å². The second-order valence-corrected chi connectivity index (χ2v) is 3.92. The van der Waals surface area contributed by atoms with Gasteiger partial charge in [-0.25, -0.2) is 9.78 Å². The summed E-state index contributed by atoms with van der Waals surface area (Å²) in [6.45, 7) is 4.66. The molecule has 0 saturated carbocycles. The number of pyridine rings is 1. The Balaban J connectivity index is 2.09. The summed E-state index contributed by atoms with van der Waals surface area (Å²) in [5.41, 5.74) is 2.23. The fourth-order valence-corrected chi connectivity index (χ4v) is 1.63. The Morgan fingerprint density at radius 3 is 3.00 bits per heavy atom. The highest BCUT2D eigenvalue weighted by molar-refractivity contribution is 5.86. The van der Waals surface area contributed by atoms with Crippen LogP contribution in [0.2, 0.25) is 0 Å². The van der Waals surface area contributed by atoms with Crippen LogP contribution in [0, 0.1) is 6.92 Å². The van der Waals surface area contributed by atoms with Crippen LogP contribution in [-0.2, 0) is 11.3 Å². The standard InChI is InChI=1S/C13H15N3O2/c1-3-18-13(17)12-8-16(9-14-12)7-11-6-4-5-10(2)15-11/h4-6,8-9H,3,7H2,1-2H3. The van der Waals surface area contributed by atoms with E-state index in [9.17, 15) is 4.79 Å². The van der Waals surface area contributed by atoms with Crippen molar-refractivity contribution in [2.24, 2.45) is 0 Å². The zero-order chi connectivity index (χ0) is 13.0. The van der Waals surface area contributed by atoms with E-state index in [-0.39, 0.29) is 0 Å². The van der Waals surface area contributed by atoms with Gasteiger partial charge in [-0.2, -0.15) is 0 Å². The molecule has 5 nitrogen and oxygen atoms in total. The summed E-state index contributed by atoms with van der Waals surface area (Å²) in [5, 5.41) is 0. The van der Waals surface area contributed by atoms with E-state index < -0.39 is 5.97 Å². The highest BCUT2D eigenvalue weighted by Crippen LogP contribution is 2.04. The number of nitrogens with zero attached hydrogens (tertiary/aromatic N) is 3. The van der Waals surface area contributed by atoms with Gasteiger partial charge in [0.1, 0.15) is 0 Å². The third-order valence-electron chi connectivity index (χ3n) is 2.41. The summed E-state index contributed by atoms with van der Waals surface area (Å²) in [5.74, 6) is -0.395. The maximum absolute atomic E-state index is 11.5. The minimum Gasteiger partial charge on any atom is -0.461 e. The van der Waals surface area contributed by atoms with Crippen molar-refractivity contribution in [2.45, 2.75) is 20.4 Å². The average Bonchev–Trinajstić information content (AvgIpc) is 2.78. The second-order valence-electron chi connectivity index (χ2n) is 3.92. The molecule has 0 fully saturated rings. The van der Waals surface area contributed by atoms with Crippen molar-refractivity contribution in [1.82, 2.24) is 14.5 Å². The van der Waals surface area contributed by atoms with E-state index in [0.29, 0.717) is 18.8 Å². The van der Waals surface area contributed by atoms with Crippen molar-refractivity contribution >= 4 is 5.97 Å². The molecule has 0 bridgehead atoms. The molecule has 0 amide bonds. The third kappa shape index (κ3) is 2.94. The quantitative estimate of drug-likeness (QED) is 0.771. The second kappa shape index (κ2) is 5.44. The van der Waals surface area contributed by atoms with Crippen LogP contribution in [0.4, 0.5) is 0 Å². The van der Waals surface area contributed by atoms with Gasteiger partial charge < -0.3 is 9.30 Å². The number of ether oxygens (including phenoxy) is 1. The van der Waals surface area contributed by atoms with Crippen molar-refractivity contribution in [3.05, 3.63) is 47.8 Å². The molecule has 0 unspecified atom stereocenters. The van der Waals surface area contributed by atoms with Crippen LogP contribution in [0.25, 0.3) is 0 Å². The van der Waals surface area contributed by atoms with Crippen LogP contribution in [0.3, 0.4) is 0 Å². The summed E-state index contributed by atoms with van der Waals surface area (Å²) in [4.78, 5) is 19.9. The van der Waals surface area contributed by atoms with Gasteiger partial charge in [-0.3, -0.25) is 4.98 Å². The fraction of sp³-hybridized carbons (Fsp3) is 0.308. The molecular weight excluding hydrogens is 230 g/mol. The van der Waals surface area contributed by atoms with E-state index in [1.807, 2.05) is 29.7 Å². The minimum atomic E-state index is -0.395. The van der Waals surface area contributed by atoms with Gasteiger partial charge in [0, 0.05) is 11.9 Å². The van der Waals surface area contributed by atoms with Gasteiger partial charge in [0.2, 0.25) is 0 Å². The zero-order valence-electron chi connectivity index (χ0n) is 10.5. The molecule has 0 aromatic carbocycles. The summed E-state index contributed by atoms with van der Waals surface area (Å²) in [7, 11) is 0. The molecule has 0 N–H and O–H groups in total. The van der Waals surface area contributed by atoms with Crippen molar-refractivity contribution < 1.29 is 9.53 Å². The lowest BCUT2D eigenvalue weighted by Gasteiger charge is -2.02. The molecule has 0 atom stereocenters. The van der Waals surface area contributed by atoms with Gasteiger partial charge in [0.05, 0.1) is 25.2 Å². The molecule has 5 heteroatoms. The van der Waals surface area contributed by atoms with Crippen LogP contribution in [-0.4, -0.2) is 27.1 Å². The number of rotatable bonds is 4. The molecule has 0 saturated heterocycles. The predicted octanol–water partition coefficient (Wildman–Crippen LogP) is 1.81. The lowest BCUT2D eigenvalue weighted by molar-refractivity contribution is 0.0520. The van der Waals surface area contributed by atoms with Gasteiger partial charge in [0.25, 0.3) is 0 Å². The van der Waals surface area contributed by atoms with Crippen LogP contribution in [0.5, 0.6) is 0 Å². The molecular formula is C13H15N3O2. The summed E-state index contributed by atoms with van der Waals surface area (Å²) >= 11 is 0. The molecule has 0 aliphatic carbocycles. The van der Waals surface area contributed by atoms with Gasteiger partial charge >= 0.3 is 5.97 Å². The number of carbonyl (C=O) groups is 1. The Bertz CT molecular complexity index is 549. The largest absolute Gasteiger partial charge is 0.461 e. The molecule has 0 radical (unpaired) electrons. The predicted molar refractivity (Wildman–Crippen MR) is 66.3 cm³/mol. The molecule has 18 heavy (non-hydrogen) atoms. The highest BCUT2D eigenvalue weighted by atomic mass is 16.5. The van der Waals surface area contributed by atoms with Crippen LogP contribution in [0.15, 0.2) is 30.7 Å². The molecule has 0 aliphatic heterocycles. The Kier molecular flexibility index (Phi) is 3.72. The lowest BCUT2D eigenvalue weighted by Crippen LogP contribution is -2.05. The maximum Gasteiger partial charge on any atom is 0.358 e. The topological polar surface area (TPSA) is 57.0 Å². The van der Waals surface area contributed by atoms with Crippen LogP contribution < -0.4 is 0 Å². The van der Waals surface area contributed by atoms with Gasteiger partial charge in [-0.1, -0.05) is 6.07 Å². The molecule has 0 spiro atoms. The molecule has 2 aromatic heterocycles. The Labute approximate surface area is 105 Å². The van der Waals surface area contributed by atoms with Gasteiger partial charge in [0.15, 0.2) is 5.69 Å². The summed E-state index contributed by atoms with van der Waals surface area (Å²) in [6, 6.07) is 5.85. The Morgan fingerprint density at radius 1 is 1.44 bits per heavy atom. The average molecular weight is 245 g/mol. The van der Waals surface area contributed by atoms with E-state index in [0.717, 1.165) is 11.4 Å². The van der Waals surface area contributed by atoms with E-state index in [2.05, 4.69) is 9.97 Å². The normalized spacial score (nSPS) is 10.3. The minimum absolute atomic E-state index is 0.324. The number of esters is 1. The molecule has 2 aromatic rings. The zero-order valence-corrected chi connectivity index (χ0v) is 10.5. The number of hydrogen-bond donors (Lipinski definition) is 0. The summed E-state index contributed by atoms with van der Waals surface area (Å²) in [6.07, 6.45) is 3.28. The Hall–Kier alpha value is -2.17. The van der Waals surface area contributed by atoms with Crippen molar-refractivity contribution in [2.75, 3.05) is 6.61 Å². The highest BCUT2D eigenvalue weighted by Gasteiger charge is 2.10. The first-order chi connectivity index (χ1) is 8.69. The summed E-state index contributed by atoms with van der Waals surface area (Å²) < 4.78 is 6.69. The number of hydrogen-bond acceptors (Lipinski definition) is 4. The van der Waals surface area contributed by atoms with Gasteiger partial charge in [-0.05, 0) is 26.0 Å². The first-order valence-electron chi connectivity index (χ1n) is 5.80. The molecule has 2 rings (SSSR count). The first kappa shape index (κ1) is 12.3. The smallest absolute Gasteiger partial charge is 0.358 e. The van der Waals surface area contributed by atoms with Gasteiger partial charge in [-0.15, -0.1) is 0 Å². The van der Waals surface area contributed by atoms with Crippen molar-refractivity contribution in [1.29, 1.82) is 0 Å². The number of carbonyl (C=O) groups excluding carboxylic acids is 1. The Morgan fingerprint density at radius 2 is 2.28 bits per heavy atom. The number of aryl methyl sites for hydroxylation is 1. The molecule has 0 aliphatic rings. The van der Waals surface area contributed by atoms with Crippen molar-refractivity contribution in [3.8, 4) is 0 Å². The van der Waals surface area contributed by atoms with E-state index in [4.69, 9.17) is 4.74 Å². The first-order valence-corrected chi connectivity index (χ1v) is 5.80. The van der Waals surface area contributed by atoms with E-state index >= 15 is 0 Å². The molecule has 94 valence electrons. The maximum atomic E-state index is 11.5.